The molecule has 6 heteroatoms. The van der Waals surface area contributed by atoms with Crippen LogP contribution in [0.4, 0.5) is 4.79 Å². The van der Waals surface area contributed by atoms with Gasteiger partial charge >= 0.3 is 6.09 Å². The van der Waals surface area contributed by atoms with Crippen molar-refractivity contribution in [2.75, 3.05) is 20.8 Å². The van der Waals surface area contributed by atoms with Crippen LogP contribution in [0.2, 0.25) is 0 Å². The van der Waals surface area contributed by atoms with Crippen LogP contribution in [0.3, 0.4) is 0 Å². The van der Waals surface area contributed by atoms with Gasteiger partial charge < -0.3 is 24.5 Å². The Hall–Kier alpha value is -3.93. The van der Waals surface area contributed by atoms with Crippen LogP contribution in [0.15, 0.2) is 72.8 Å². The van der Waals surface area contributed by atoms with Gasteiger partial charge in [0.25, 0.3) is 0 Å². The number of para-hydroxylation sites is 1. The summed E-state index contributed by atoms with van der Waals surface area (Å²) in [5.74, 6) is 1.34. The van der Waals surface area contributed by atoms with E-state index < -0.39 is 6.09 Å². The molecule has 1 aromatic heterocycles. The molecule has 0 spiro atoms. The van der Waals surface area contributed by atoms with Gasteiger partial charge in [0.1, 0.15) is 6.61 Å². The molecule has 0 unspecified atom stereocenters. The molecular weight excluding hydrogens is 404 g/mol. The zero-order valence-corrected chi connectivity index (χ0v) is 18.2. The maximum Gasteiger partial charge on any atom is 0.407 e. The first-order valence-corrected chi connectivity index (χ1v) is 10.5. The summed E-state index contributed by atoms with van der Waals surface area (Å²) in [5.41, 5.74) is 5.09. The molecule has 3 aromatic carbocycles. The van der Waals surface area contributed by atoms with Gasteiger partial charge in [-0.15, -0.1) is 0 Å². The number of nitrogens with one attached hydrogen (secondary N) is 2. The van der Waals surface area contributed by atoms with Gasteiger partial charge in [-0.2, -0.15) is 0 Å². The van der Waals surface area contributed by atoms with E-state index in [9.17, 15) is 4.79 Å². The van der Waals surface area contributed by atoms with Crippen LogP contribution >= 0.6 is 0 Å². The molecule has 4 rings (SSSR count). The topological polar surface area (TPSA) is 72.6 Å². The monoisotopic (exact) mass is 430 g/mol. The third kappa shape index (κ3) is 4.70. The van der Waals surface area contributed by atoms with Crippen molar-refractivity contribution >= 4 is 17.0 Å². The van der Waals surface area contributed by atoms with E-state index >= 15 is 0 Å². The first kappa shape index (κ1) is 21.3. The van der Waals surface area contributed by atoms with Crippen molar-refractivity contribution in [1.29, 1.82) is 0 Å². The Morgan fingerprint density at radius 2 is 1.66 bits per heavy atom. The summed E-state index contributed by atoms with van der Waals surface area (Å²) >= 11 is 0. The highest BCUT2D eigenvalue weighted by molar-refractivity contribution is 5.91. The summed E-state index contributed by atoms with van der Waals surface area (Å²) in [6, 6.07) is 23.6. The lowest BCUT2D eigenvalue weighted by atomic mass is 10.0. The predicted octanol–water partition coefficient (Wildman–Crippen LogP) is 5.32. The van der Waals surface area contributed by atoms with Gasteiger partial charge in [0.2, 0.25) is 0 Å². The normalized spacial score (nSPS) is 10.7. The molecule has 0 aliphatic heterocycles. The summed E-state index contributed by atoms with van der Waals surface area (Å²) in [5, 5.41) is 3.98. The van der Waals surface area contributed by atoms with Crippen molar-refractivity contribution in [3.8, 4) is 22.8 Å². The molecule has 0 radical (unpaired) electrons. The van der Waals surface area contributed by atoms with Crippen LogP contribution in [-0.4, -0.2) is 31.8 Å². The standard InChI is InChI=1S/C26H26N2O4/c1-30-23-13-12-19(16-24(23)31-2)25-21(20-10-6-7-11-22(20)28-25)14-15-27-26(29)32-17-18-8-4-3-5-9-18/h3-13,16,28H,14-15,17H2,1-2H3,(H,27,29). The lowest BCUT2D eigenvalue weighted by Crippen LogP contribution is -2.26. The Balaban J connectivity index is 1.50. The van der Waals surface area contributed by atoms with Crippen LogP contribution in [0.5, 0.6) is 11.5 Å². The third-order valence-corrected chi connectivity index (χ3v) is 5.34. The van der Waals surface area contributed by atoms with E-state index in [1.54, 1.807) is 14.2 Å². The fourth-order valence-electron chi connectivity index (χ4n) is 3.76. The second kappa shape index (κ2) is 9.92. The Labute approximate surface area is 187 Å². The maximum absolute atomic E-state index is 12.1. The highest BCUT2D eigenvalue weighted by atomic mass is 16.5. The van der Waals surface area contributed by atoms with E-state index in [1.165, 1.54) is 0 Å². The molecule has 0 aliphatic carbocycles. The fourth-order valence-corrected chi connectivity index (χ4v) is 3.76. The van der Waals surface area contributed by atoms with Gasteiger partial charge in [0, 0.05) is 28.7 Å². The molecule has 1 heterocycles. The van der Waals surface area contributed by atoms with Crippen molar-refractivity contribution in [2.45, 2.75) is 13.0 Å². The minimum Gasteiger partial charge on any atom is -0.493 e. The summed E-state index contributed by atoms with van der Waals surface area (Å²) in [6.07, 6.45) is 0.218. The van der Waals surface area contributed by atoms with Gasteiger partial charge in [0.15, 0.2) is 11.5 Å². The van der Waals surface area contributed by atoms with Crippen LogP contribution in [0.1, 0.15) is 11.1 Å². The molecule has 6 nitrogen and oxygen atoms in total. The number of fused-ring (bicyclic) bond motifs is 1. The molecule has 0 bridgehead atoms. The van der Waals surface area contributed by atoms with Gasteiger partial charge in [0.05, 0.1) is 14.2 Å². The molecule has 0 aliphatic rings. The summed E-state index contributed by atoms with van der Waals surface area (Å²) in [4.78, 5) is 15.7. The highest BCUT2D eigenvalue weighted by Gasteiger charge is 2.15. The number of alkyl carbamates (subject to hydrolysis) is 1. The quantitative estimate of drug-likeness (QED) is 0.397. The van der Waals surface area contributed by atoms with E-state index in [4.69, 9.17) is 14.2 Å². The number of carbonyl (C=O) groups excluding carboxylic acids is 1. The molecule has 2 N–H and O–H groups in total. The summed E-state index contributed by atoms with van der Waals surface area (Å²) in [7, 11) is 3.24. The van der Waals surface area contributed by atoms with Crippen LogP contribution in [0.25, 0.3) is 22.2 Å². The number of ether oxygens (including phenoxy) is 3. The molecule has 0 saturated carbocycles. The molecule has 164 valence electrons. The number of carbonyl (C=O) groups is 1. The van der Waals surface area contributed by atoms with Crippen molar-refractivity contribution in [3.05, 3.63) is 83.9 Å². The van der Waals surface area contributed by atoms with Gasteiger partial charge in [-0.05, 0) is 41.8 Å². The first-order chi connectivity index (χ1) is 15.7. The largest absolute Gasteiger partial charge is 0.493 e. The number of benzene rings is 3. The number of amides is 1. The smallest absolute Gasteiger partial charge is 0.407 e. The van der Waals surface area contributed by atoms with Crippen LogP contribution in [-0.2, 0) is 17.8 Å². The second-order valence-corrected chi connectivity index (χ2v) is 7.33. The first-order valence-electron chi connectivity index (χ1n) is 10.5. The van der Waals surface area contributed by atoms with Crippen molar-refractivity contribution in [1.82, 2.24) is 10.3 Å². The Morgan fingerprint density at radius 3 is 2.44 bits per heavy atom. The van der Waals surface area contributed by atoms with Gasteiger partial charge in [-0.3, -0.25) is 0 Å². The van der Waals surface area contributed by atoms with Crippen LogP contribution < -0.4 is 14.8 Å². The van der Waals surface area contributed by atoms with Gasteiger partial charge in [-0.1, -0.05) is 48.5 Å². The summed E-state index contributed by atoms with van der Waals surface area (Å²) < 4.78 is 16.2. The van der Waals surface area contributed by atoms with E-state index in [-0.39, 0.29) is 6.61 Å². The average molecular weight is 431 g/mol. The molecular formula is C26H26N2O4. The van der Waals surface area contributed by atoms with Crippen molar-refractivity contribution < 1.29 is 19.0 Å². The second-order valence-electron chi connectivity index (χ2n) is 7.33. The number of aromatic amines is 1. The van der Waals surface area contributed by atoms with Crippen molar-refractivity contribution in [2.24, 2.45) is 0 Å². The maximum atomic E-state index is 12.1. The number of hydrogen-bond acceptors (Lipinski definition) is 4. The lowest BCUT2D eigenvalue weighted by Gasteiger charge is -2.11. The van der Waals surface area contributed by atoms with Gasteiger partial charge in [-0.25, -0.2) is 4.79 Å². The molecule has 1 amide bonds. The Kier molecular flexibility index (Phi) is 6.60. The molecule has 0 fully saturated rings. The lowest BCUT2D eigenvalue weighted by molar-refractivity contribution is 0.140. The zero-order chi connectivity index (χ0) is 22.3. The third-order valence-electron chi connectivity index (χ3n) is 5.34. The molecule has 0 atom stereocenters. The van der Waals surface area contributed by atoms with E-state index in [0.29, 0.717) is 24.5 Å². The minimum atomic E-state index is -0.429. The van der Waals surface area contributed by atoms with E-state index in [2.05, 4.69) is 16.4 Å². The van der Waals surface area contributed by atoms with E-state index in [1.807, 2.05) is 66.7 Å². The number of aromatic nitrogens is 1. The minimum absolute atomic E-state index is 0.247. The molecule has 4 aromatic rings. The number of rotatable bonds is 8. The van der Waals surface area contributed by atoms with Crippen molar-refractivity contribution in [3.63, 3.8) is 0 Å². The SMILES string of the molecule is COc1ccc(-c2[nH]c3ccccc3c2CCNC(=O)OCc2ccccc2)cc1OC. The number of H-pyrrole nitrogens is 1. The number of methoxy groups -OCH3 is 2. The molecule has 32 heavy (non-hydrogen) atoms. The predicted molar refractivity (Wildman–Crippen MR) is 125 cm³/mol. The average Bonchev–Trinajstić information content (AvgIpc) is 3.21. The zero-order valence-electron chi connectivity index (χ0n) is 18.2. The Bertz CT molecular complexity index is 1200. The summed E-state index contributed by atoms with van der Waals surface area (Å²) in [6.45, 7) is 0.701. The van der Waals surface area contributed by atoms with Crippen LogP contribution in [0, 0.1) is 0 Å². The van der Waals surface area contributed by atoms with E-state index in [0.717, 1.165) is 33.3 Å². The molecule has 0 saturated heterocycles. The number of hydrogen-bond donors (Lipinski definition) is 2. The highest BCUT2D eigenvalue weighted by Crippen LogP contribution is 2.36. The Morgan fingerprint density at radius 1 is 0.906 bits per heavy atom. The fraction of sp³-hybridized carbons (Fsp3) is 0.192.